The lowest BCUT2D eigenvalue weighted by atomic mass is 9.83. The smallest absolute Gasteiger partial charge is 0.344 e. The van der Waals surface area contributed by atoms with E-state index in [1.54, 1.807) is 48.5 Å². The third-order valence-electron chi connectivity index (χ3n) is 5.17. The Bertz CT molecular complexity index is 958. The molecule has 0 heterocycles. The Labute approximate surface area is 181 Å². The van der Waals surface area contributed by atoms with Crippen molar-refractivity contribution in [2.24, 2.45) is 0 Å². The highest BCUT2D eigenvalue weighted by Crippen LogP contribution is 2.27. The molecule has 1 N–H and O–H groups in total. The van der Waals surface area contributed by atoms with Gasteiger partial charge in [0.2, 0.25) is 0 Å². The summed E-state index contributed by atoms with van der Waals surface area (Å²) in [5.41, 5.74) is 0.230. The number of hydrogen-bond acceptors (Lipinski definition) is 6. The number of carbonyl (C=O) groups is 3. The van der Waals surface area contributed by atoms with E-state index < -0.39 is 24.0 Å². The van der Waals surface area contributed by atoms with Crippen LogP contribution >= 0.6 is 0 Å². The predicted octanol–water partition coefficient (Wildman–Crippen LogP) is 3.18. The number of nitrogens with zero attached hydrogens (tertiary/aromatic N) is 1. The van der Waals surface area contributed by atoms with Crippen LogP contribution in [-0.2, 0) is 14.3 Å². The molecule has 1 amide bonds. The van der Waals surface area contributed by atoms with E-state index in [0.29, 0.717) is 29.7 Å². The molecule has 31 heavy (non-hydrogen) atoms. The normalized spacial score (nSPS) is 14.7. The maximum absolute atomic E-state index is 12.4. The van der Waals surface area contributed by atoms with E-state index in [-0.39, 0.29) is 12.4 Å². The summed E-state index contributed by atoms with van der Waals surface area (Å²) >= 11 is 0. The van der Waals surface area contributed by atoms with Crippen LogP contribution in [0.25, 0.3) is 0 Å². The molecule has 1 fully saturated rings. The van der Waals surface area contributed by atoms with Gasteiger partial charge in [0, 0.05) is 11.1 Å². The number of amides is 1. The zero-order chi connectivity index (χ0) is 22.1. The fraction of sp³-hybridized carbons (Fsp3) is 0.333. The van der Waals surface area contributed by atoms with Gasteiger partial charge in [-0.05, 0) is 37.1 Å². The Balaban J connectivity index is 1.43. The Morgan fingerprint density at radius 2 is 1.55 bits per heavy atom. The first-order valence-corrected chi connectivity index (χ1v) is 10.2. The molecule has 3 rings (SSSR count). The Morgan fingerprint density at radius 3 is 2.19 bits per heavy atom. The monoisotopic (exact) mass is 420 g/mol. The highest BCUT2D eigenvalue weighted by molar-refractivity contribution is 6.08. The van der Waals surface area contributed by atoms with E-state index >= 15 is 0 Å². The van der Waals surface area contributed by atoms with Crippen LogP contribution in [-0.4, -0.2) is 36.4 Å². The van der Waals surface area contributed by atoms with Crippen LogP contribution in [0.4, 0.5) is 0 Å². The molecule has 0 unspecified atom stereocenters. The van der Waals surface area contributed by atoms with Crippen molar-refractivity contribution < 1.29 is 23.9 Å². The molecular weight excluding hydrogens is 396 g/mol. The lowest BCUT2D eigenvalue weighted by molar-refractivity contribution is -0.150. The van der Waals surface area contributed by atoms with Crippen molar-refractivity contribution in [2.45, 2.75) is 37.6 Å². The summed E-state index contributed by atoms with van der Waals surface area (Å²) in [6.45, 7) is -0.835. The Kier molecular flexibility index (Phi) is 7.39. The molecule has 7 heteroatoms. The van der Waals surface area contributed by atoms with E-state index in [1.165, 1.54) is 0 Å². The van der Waals surface area contributed by atoms with Crippen LogP contribution in [0.5, 0.6) is 5.75 Å². The van der Waals surface area contributed by atoms with E-state index in [2.05, 4.69) is 11.4 Å². The maximum atomic E-state index is 12.4. The first kappa shape index (κ1) is 22.0. The standard InChI is InChI=1S/C24H24N2O5/c25-17-24(13-5-2-6-14-24)26-21(27)15-31-22(28)16-30-20-11-9-19(10-12-20)23(29)18-7-3-1-4-8-18/h1,3-4,7-12H,2,5-6,13-16H2,(H,26,27). The molecule has 0 radical (unpaired) electrons. The zero-order valence-electron chi connectivity index (χ0n) is 17.1. The van der Waals surface area contributed by atoms with Crippen molar-refractivity contribution in [3.8, 4) is 11.8 Å². The highest BCUT2D eigenvalue weighted by atomic mass is 16.6. The number of ketones is 1. The minimum Gasteiger partial charge on any atom is -0.482 e. The van der Waals surface area contributed by atoms with Crippen LogP contribution in [0.3, 0.4) is 0 Å². The SMILES string of the molecule is N#CC1(NC(=O)COC(=O)COc2ccc(C(=O)c3ccccc3)cc2)CCCCC1. The predicted molar refractivity (Wildman–Crippen MR) is 112 cm³/mol. The lowest BCUT2D eigenvalue weighted by Crippen LogP contribution is -2.50. The number of nitrogens with one attached hydrogen (secondary N) is 1. The van der Waals surface area contributed by atoms with Gasteiger partial charge in [0.15, 0.2) is 19.0 Å². The van der Waals surface area contributed by atoms with E-state index in [0.717, 1.165) is 19.3 Å². The summed E-state index contributed by atoms with van der Waals surface area (Å²) in [5.74, 6) is -0.905. The summed E-state index contributed by atoms with van der Waals surface area (Å²) < 4.78 is 10.3. The van der Waals surface area contributed by atoms with Crippen molar-refractivity contribution in [3.05, 3.63) is 65.7 Å². The van der Waals surface area contributed by atoms with E-state index in [1.807, 2.05) is 6.07 Å². The van der Waals surface area contributed by atoms with Crippen molar-refractivity contribution in [1.29, 1.82) is 5.26 Å². The summed E-state index contributed by atoms with van der Waals surface area (Å²) in [6, 6.07) is 17.5. The minimum atomic E-state index is -0.864. The summed E-state index contributed by atoms with van der Waals surface area (Å²) in [4.78, 5) is 36.3. The number of rotatable bonds is 8. The molecule has 160 valence electrons. The molecule has 1 aliphatic carbocycles. The number of ether oxygens (including phenoxy) is 2. The van der Waals surface area contributed by atoms with Crippen LogP contribution in [0.1, 0.15) is 48.0 Å². The fourth-order valence-corrected chi connectivity index (χ4v) is 3.51. The summed E-state index contributed by atoms with van der Waals surface area (Å²) in [6.07, 6.45) is 4.03. The lowest BCUT2D eigenvalue weighted by Gasteiger charge is -2.31. The van der Waals surface area contributed by atoms with E-state index in [9.17, 15) is 19.6 Å². The van der Waals surface area contributed by atoms with Crippen molar-refractivity contribution >= 4 is 17.7 Å². The summed E-state index contributed by atoms with van der Waals surface area (Å²) in [7, 11) is 0. The first-order chi connectivity index (χ1) is 15.0. The number of carbonyl (C=O) groups excluding carboxylic acids is 3. The van der Waals surface area contributed by atoms with Crippen LogP contribution in [0.15, 0.2) is 54.6 Å². The largest absolute Gasteiger partial charge is 0.482 e. The third-order valence-corrected chi connectivity index (χ3v) is 5.17. The fourth-order valence-electron chi connectivity index (χ4n) is 3.51. The molecule has 1 aliphatic rings. The molecule has 0 atom stereocenters. The summed E-state index contributed by atoms with van der Waals surface area (Å²) in [5, 5.41) is 12.1. The number of nitriles is 1. The van der Waals surface area contributed by atoms with Gasteiger partial charge < -0.3 is 14.8 Å². The van der Waals surface area contributed by atoms with Crippen LogP contribution in [0, 0.1) is 11.3 Å². The number of benzene rings is 2. The Morgan fingerprint density at radius 1 is 0.903 bits per heavy atom. The molecule has 7 nitrogen and oxygen atoms in total. The van der Waals surface area contributed by atoms with E-state index in [4.69, 9.17) is 9.47 Å². The topological polar surface area (TPSA) is 105 Å². The molecule has 0 spiro atoms. The highest BCUT2D eigenvalue weighted by Gasteiger charge is 2.33. The maximum Gasteiger partial charge on any atom is 0.344 e. The number of esters is 1. The molecular formula is C24H24N2O5. The second-order valence-electron chi connectivity index (χ2n) is 7.47. The molecule has 2 aromatic rings. The van der Waals surface area contributed by atoms with Crippen LogP contribution in [0.2, 0.25) is 0 Å². The average molecular weight is 420 g/mol. The van der Waals surface area contributed by atoms with Gasteiger partial charge in [0.1, 0.15) is 11.3 Å². The van der Waals surface area contributed by atoms with Gasteiger partial charge in [-0.25, -0.2) is 4.79 Å². The van der Waals surface area contributed by atoms with Gasteiger partial charge in [-0.15, -0.1) is 0 Å². The quantitative estimate of drug-likeness (QED) is 0.519. The van der Waals surface area contributed by atoms with Crippen molar-refractivity contribution in [3.63, 3.8) is 0 Å². The van der Waals surface area contributed by atoms with Gasteiger partial charge in [0.05, 0.1) is 6.07 Å². The molecule has 0 saturated heterocycles. The van der Waals surface area contributed by atoms with Crippen molar-refractivity contribution in [1.82, 2.24) is 5.32 Å². The Hall–Kier alpha value is -3.66. The second kappa shape index (κ2) is 10.4. The zero-order valence-corrected chi connectivity index (χ0v) is 17.1. The van der Waals surface area contributed by atoms with Gasteiger partial charge in [-0.3, -0.25) is 9.59 Å². The third kappa shape index (κ3) is 6.16. The first-order valence-electron chi connectivity index (χ1n) is 10.2. The molecule has 0 bridgehead atoms. The molecule has 0 aromatic heterocycles. The molecule has 1 saturated carbocycles. The van der Waals surface area contributed by atoms with Gasteiger partial charge in [-0.1, -0.05) is 49.6 Å². The van der Waals surface area contributed by atoms with Gasteiger partial charge >= 0.3 is 5.97 Å². The van der Waals surface area contributed by atoms with Crippen LogP contribution < -0.4 is 10.1 Å². The van der Waals surface area contributed by atoms with Gasteiger partial charge in [0.25, 0.3) is 5.91 Å². The van der Waals surface area contributed by atoms with Gasteiger partial charge in [-0.2, -0.15) is 5.26 Å². The minimum absolute atomic E-state index is 0.106. The molecule has 0 aliphatic heterocycles. The van der Waals surface area contributed by atoms with Crippen molar-refractivity contribution in [2.75, 3.05) is 13.2 Å². The average Bonchev–Trinajstić information content (AvgIpc) is 2.82. The number of hydrogen-bond donors (Lipinski definition) is 1. The molecule has 2 aromatic carbocycles. The second-order valence-corrected chi connectivity index (χ2v) is 7.47.